The lowest BCUT2D eigenvalue weighted by molar-refractivity contribution is 0.474. The Hall–Kier alpha value is -2.70. The molecule has 138 valence electrons. The Balaban J connectivity index is 2.00. The van der Waals surface area contributed by atoms with Crippen molar-refractivity contribution >= 4 is 54.9 Å². The predicted octanol–water partition coefficient (Wildman–Crippen LogP) is 5.79. The van der Waals surface area contributed by atoms with E-state index in [0.29, 0.717) is 28.0 Å². The Morgan fingerprint density at radius 2 is 1.68 bits per heavy atom. The van der Waals surface area contributed by atoms with Gasteiger partial charge in [-0.15, -0.1) is 0 Å². The van der Waals surface area contributed by atoms with Gasteiger partial charge in [0.2, 0.25) is 0 Å². The Morgan fingerprint density at radius 1 is 0.929 bits per heavy atom. The lowest BCUT2D eigenvalue weighted by Crippen LogP contribution is -2.22. The van der Waals surface area contributed by atoms with Gasteiger partial charge in [-0.05, 0) is 64.5 Å². The van der Waals surface area contributed by atoms with Crippen LogP contribution in [0, 0.1) is 0 Å². The molecule has 0 amide bonds. The van der Waals surface area contributed by atoms with Gasteiger partial charge < -0.3 is 5.11 Å². The van der Waals surface area contributed by atoms with E-state index in [9.17, 15) is 9.90 Å². The van der Waals surface area contributed by atoms with Crippen molar-refractivity contribution in [3.8, 4) is 11.4 Å². The van der Waals surface area contributed by atoms with Gasteiger partial charge >= 0.3 is 0 Å². The summed E-state index contributed by atoms with van der Waals surface area (Å²) in [5.41, 5.74) is 1.77. The van der Waals surface area contributed by atoms with E-state index in [2.05, 4.69) is 36.8 Å². The van der Waals surface area contributed by atoms with Crippen LogP contribution < -0.4 is 5.56 Å². The number of benzene rings is 3. The molecule has 0 unspecified atom stereocenters. The van der Waals surface area contributed by atoms with Crippen molar-refractivity contribution in [1.82, 2.24) is 9.55 Å². The number of aromatic hydroxyl groups is 1. The summed E-state index contributed by atoms with van der Waals surface area (Å²) in [5, 5.41) is 10.6. The molecule has 3 aromatic carbocycles. The lowest BCUT2D eigenvalue weighted by Gasteiger charge is -2.13. The Kier molecular flexibility index (Phi) is 5.15. The highest BCUT2D eigenvalue weighted by atomic mass is 79.9. The summed E-state index contributed by atoms with van der Waals surface area (Å²) in [7, 11) is 0. The van der Waals surface area contributed by atoms with Gasteiger partial charge in [0.1, 0.15) is 11.6 Å². The largest absolute Gasteiger partial charge is 0.507 e. The molecule has 28 heavy (non-hydrogen) atoms. The fourth-order valence-corrected chi connectivity index (χ4v) is 3.72. The molecule has 4 aromatic rings. The molecule has 0 saturated carbocycles. The summed E-state index contributed by atoms with van der Waals surface area (Å²) in [6.07, 6.45) is 3.48. The molecule has 0 aliphatic carbocycles. The predicted molar refractivity (Wildman–Crippen MR) is 120 cm³/mol. The smallest absolute Gasteiger partial charge is 0.266 e. The number of phenolic OH excluding ortho intramolecular Hbond substituents is 1. The summed E-state index contributed by atoms with van der Waals surface area (Å²) in [5.74, 6) is 0.628. The first-order chi connectivity index (χ1) is 13.5. The van der Waals surface area contributed by atoms with E-state index in [1.54, 1.807) is 41.0 Å². The Morgan fingerprint density at radius 3 is 2.50 bits per heavy atom. The second-order valence-corrected chi connectivity index (χ2v) is 7.89. The van der Waals surface area contributed by atoms with Crippen LogP contribution in [0.3, 0.4) is 0 Å². The fourth-order valence-electron chi connectivity index (χ4n) is 2.94. The van der Waals surface area contributed by atoms with Crippen LogP contribution in [0.15, 0.2) is 80.5 Å². The molecule has 0 aliphatic rings. The van der Waals surface area contributed by atoms with Crippen LogP contribution in [-0.4, -0.2) is 14.7 Å². The van der Waals surface area contributed by atoms with Crippen LogP contribution in [0.1, 0.15) is 11.4 Å². The van der Waals surface area contributed by atoms with Crippen LogP contribution in [0.4, 0.5) is 0 Å². The highest BCUT2D eigenvalue weighted by Crippen LogP contribution is 2.26. The minimum Gasteiger partial charge on any atom is -0.507 e. The van der Waals surface area contributed by atoms with Crippen LogP contribution >= 0.6 is 31.9 Å². The van der Waals surface area contributed by atoms with Crippen LogP contribution in [0.2, 0.25) is 0 Å². The maximum Gasteiger partial charge on any atom is 0.266 e. The lowest BCUT2D eigenvalue weighted by atomic mass is 10.2. The first-order valence-corrected chi connectivity index (χ1v) is 10.1. The summed E-state index contributed by atoms with van der Waals surface area (Å²) >= 11 is 7.00. The van der Waals surface area contributed by atoms with Crippen molar-refractivity contribution in [2.24, 2.45) is 0 Å². The molecule has 0 aliphatic heterocycles. The monoisotopic (exact) mass is 496 g/mol. The van der Waals surface area contributed by atoms with E-state index in [4.69, 9.17) is 0 Å². The zero-order valence-corrected chi connectivity index (χ0v) is 17.7. The van der Waals surface area contributed by atoms with Gasteiger partial charge in [0.15, 0.2) is 0 Å². The average Bonchev–Trinajstić information content (AvgIpc) is 2.70. The molecule has 0 spiro atoms. The number of phenols is 1. The molecule has 1 heterocycles. The van der Waals surface area contributed by atoms with Crippen molar-refractivity contribution in [1.29, 1.82) is 0 Å². The molecule has 0 radical (unpaired) electrons. The fraction of sp³-hybridized carbons (Fsp3) is 0. The molecular formula is C22H14Br2N2O2. The molecule has 1 N–H and O–H groups in total. The first-order valence-electron chi connectivity index (χ1n) is 8.48. The van der Waals surface area contributed by atoms with E-state index < -0.39 is 0 Å². The summed E-state index contributed by atoms with van der Waals surface area (Å²) in [6, 6.07) is 19.9. The van der Waals surface area contributed by atoms with E-state index in [1.165, 1.54) is 0 Å². The molecule has 0 atom stereocenters. The SMILES string of the molecule is O=c1c2ccccc2nc(/C=C/c2ccccc2O)n1-c1cc(Br)ccc1Br. The van der Waals surface area contributed by atoms with Gasteiger partial charge in [-0.1, -0.05) is 46.3 Å². The van der Waals surface area contributed by atoms with Gasteiger partial charge in [0, 0.05) is 14.5 Å². The zero-order valence-electron chi connectivity index (χ0n) is 14.5. The van der Waals surface area contributed by atoms with E-state index in [1.807, 2.05) is 42.5 Å². The van der Waals surface area contributed by atoms with Crippen LogP contribution in [-0.2, 0) is 0 Å². The van der Waals surface area contributed by atoms with Crippen molar-refractivity contribution in [2.45, 2.75) is 0 Å². The summed E-state index contributed by atoms with van der Waals surface area (Å²) < 4.78 is 3.18. The number of fused-ring (bicyclic) bond motifs is 1. The van der Waals surface area contributed by atoms with Crippen LogP contribution in [0.25, 0.3) is 28.7 Å². The average molecular weight is 498 g/mol. The van der Waals surface area contributed by atoms with Crippen molar-refractivity contribution < 1.29 is 5.11 Å². The normalized spacial score (nSPS) is 11.4. The molecule has 4 nitrogen and oxygen atoms in total. The van der Waals surface area contributed by atoms with Gasteiger partial charge in [-0.25, -0.2) is 4.98 Å². The van der Waals surface area contributed by atoms with E-state index in [0.717, 1.165) is 8.95 Å². The molecule has 4 rings (SSSR count). The number of hydrogen-bond donors (Lipinski definition) is 1. The number of nitrogens with zero attached hydrogens (tertiary/aromatic N) is 2. The number of halogens is 2. The van der Waals surface area contributed by atoms with Gasteiger partial charge in [0.25, 0.3) is 5.56 Å². The third kappa shape index (κ3) is 3.53. The first kappa shape index (κ1) is 18.7. The standard InChI is InChI=1S/C22H14Br2N2O2/c23-15-10-11-17(24)19(13-15)26-21(12-9-14-5-1-4-8-20(14)27)25-18-7-3-2-6-16(18)22(26)28/h1-13,27H/b12-9+. The van der Waals surface area contributed by atoms with Crippen molar-refractivity contribution in [3.05, 3.63) is 97.4 Å². The molecule has 0 bridgehead atoms. The minimum absolute atomic E-state index is 0.164. The maximum atomic E-state index is 13.3. The molecular weight excluding hydrogens is 484 g/mol. The summed E-state index contributed by atoms with van der Waals surface area (Å²) in [6.45, 7) is 0. The molecule has 6 heteroatoms. The van der Waals surface area contributed by atoms with Crippen molar-refractivity contribution in [2.75, 3.05) is 0 Å². The molecule has 0 fully saturated rings. The minimum atomic E-state index is -0.165. The van der Waals surface area contributed by atoms with Crippen molar-refractivity contribution in [3.63, 3.8) is 0 Å². The third-order valence-electron chi connectivity index (χ3n) is 4.30. The van der Waals surface area contributed by atoms with E-state index >= 15 is 0 Å². The maximum absolute atomic E-state index is 13.3. The van der Waals surface area contributed by atoms with Gasteiger partial charge in [-0.3, -0.25) is 9.36 Å². The second-order valence-electron chi connectivity index (χ2n) is 6.12. The number of aromatic nitrogens is 2. The third-order valence-corrected chi connectivity index (χ3v) is 5.46. The topological polar surface area (TPSA) is 55.1 Å². The number of hydrogen-bond acceptors (Lipinski definition) is 3. The highest BCUT2D eigenvalue weighted by Gasteiger charge is 2.14. The molecule has 0 saturated heterocycles. The van der Waals surface area contributed by atoms with E-state index in [-0.39, 0.29) is 11.3 Å². The summed E-state index contributed by atoms with van der Waals surface area (Å²) in [4.78, 5) is 18.0. The quantitative estimate of drug-likeness (QED) is 0.390. The second kappa shape index (κ2) is 7.73. The Bertz CT molecular complexity index is 1280. The highest BCUT2D eigenvalue weighted by molar-refractivity contribution is 9.11. The molecule has 1 aromatic heterocycles. The van der Waals surface area contributed by atoms with Crippen LogP contribution in [0.5, 0.6) is 5.75 Å². The van der Waals surface area contributed by atoms with Gasteiger partial charge in [0.05, 0.1) is 16.6 Å². The van der Waals surface area contributed by atoms with Gasteiger partial charge in [-0.2, -0.15) is 0 Å². The zero-order chi connectivity index (χ0) is 19.7. The number of para-hydroxylation sites is 2. The Labute approximate surface area is 178 Å². The number of rotatable bonds is 3.